The first-order chi connectivity index (χ1) is 5.61. The Kier molecular flexibility index (Phi) is 22.8. The van der Waals surface area contributed by atoms with E-state index in [1.165, 1.54) is 12.1 Å². The number of fused-ring (bicyclic) bond motifs is 1. The van der Waals surface area contributed by atoms with Gasteiger partial charge in [0.1, 0.15) is 4.90 Å². The van der Waals surface area contributed by atoms with Gasteiger partial charge >= 0.3 is 0 Å². The molecular formula is C7H17FeNO9S. The molecule has 1 aliphatic heterocycles. The van der Waals surface area contributed by atoms with Gasteiger partial charge < -0.3 is 32.9 Å². The largest absolute Gasteiger partial charge is 0.412 e. The Hall–Kier alpha value is -1.08. The summed E-state index contributed by atoms with van der Waals surface area (Å²) in [5, 5.41) is 0. The van der Waals surface area contributed by atoms with Crippen LogP contribution in [0.25, 0.3) is 0 Å². The zero-order valence-corrected chi connectivity index (χ0v) is 11.2. The van der Waals surface area contributed by atoms with E-state index in [1.807, 2.05) is 4.72 Å². The van der Waals surface area contributed by atoms with Crippen molar-refractivity contribution in [3.63, 3.8) is 0 Å². The van der Waals surface area contributed by atoms with E-state index in [-0.39, 0.29) is 60.4 Å². The van der Waals surface area contributed by atoms with E-state index >= 15 is 0 Å². The molecule has 0 aliphatic carbocycles. The van der Waals surface area contributed by atoms with Crippen molar-refractivity contribution in [3.05, 3.63) is 29.8 Å². The van der Waals surface area contributed by atoms with Crippen LogP contribution in [0.1, 0.15) is 10.4 Å². The van der Waals surface area contributed by atoms with Crippen LogP contribution < -0.4 is 4.72 Å². The minimum atomic E-state index is -3.55. The molecule has 0 fully saturated rings. The summed E-state index contributed by atoms with van der Waals surface area (Å²) in [5.41, 5.74) is 0.220. The van der Waals surface area contributed by atoms with Crippen molar-refractivity contribution in [2.75, 3.05) is 0 Å². The zero-order valence-electron chi connectivity index (χ0n) is 9.30. The minimum absolute atomic E-state index is 0. The molecule has 1 amide bonds. The summed E-state index contributed by atoms with van der Waals surface area (Å²) in [4.78, 5) is 11.1. The molecule has 19 heavy (non-hydrogen) atoms. The topological polar surface area (TPSA) is 252 Å². The van der Waals surface area contributed by atoms with Crippen LogP contribution in [0.15, 0.2) is 29.2 Å². The Morgan fingerprint density at radius 1 is 0.842 bits per heavy atom. The van der Waals surface area contributed by atoms with Gasteiger partial charge in [-0.1, -0.05) is 12.1 Å². The summed E-state index contributed by atoms with van der Waals surface area (Å²) < 4.78 is 24.2. The number of sulfonamides is 1. The van der Waals surface area contributed by atoms with E-state index in [1.54, 1.807) is 12.1 Å². The van der Waals surface area contributed by atoms with Crippen molar-refractivity contribution in [1.82, 2.24) is 4.72 Å². The Balaban J connectivity index is -0.0000000604. The Morgan fingerprint density at radius 2 is 1.26 bits per heavy atom. The van der Waals surface area contributed by atoms with E-state index < -0.39 is 15.9 Å². The Morgan fingerprint density at radius 3 is 1.68 bits per heavy atom. The van der Waals surface area contributed by atoms with E-state index in [2.05, 4.69) is 0 Å². The van der Waals surface area contributed by atoms with Gasteiger partial charge in [-0.3, -0.25) is 4.79 Å². The Labute approximate surface area is 119 Å². The molecule has 0 bridgehead atoms. The number of carbonyl (C=O) groups excluding carboxylic acids is 1. The van der Waals surface area contributed by atoms with Crippen molar-refractivity contribution in [2.45, 2.75) is 4.90 Å². The third-order valence-electron chi connectivity index (χ3n) is 1.65. The van der Waals surface area contributed by atoms with Crippen molar-refractivity contribution < 1.29 is 63.1 Å². The molecule has 0 saturated carbocycles. The number of hydrogen-bond acceptors (Lipinski definition) is 3. The quantitative estimate of drug-likeness (QED) is 0.453. The van der Waals surface area contributed by atoms with Gasteiger partial charge in [-0.15, -0.1) is 0 Å². The van der Waals surface area contributed by atoms with E-state index in [9.17, 15) is 13.2 Å². The van der Waals surface area contributed by atoms with Crippen molar-refractivity contribution in [3.8, 4) is 0 Å². The first-order valence-electron chi connectivity index (χ1n) is 3.27. The summed E-state index contributed by atoms with van der Waals surface area (Å²) in [6, 6.07) is 6.09. The number of hydrogen-bond donors (Lipinski definition) is 1. The summed E-state index contributed by atoms with van der Waals surface area (Å²) >= 11 is 0. The molecule has 2 rings (SSSR count). The predicted molar refractivity (Wildman–Crippen MR) is 62.8 cm³/mol. The molecular weight excluding hydrogens is 330 g/mol. The molecule has 1 heterocycles. The molecule has 0 unspecified atom stereocenters. The SMILES string of the molecule is O.O.O.O.O.O.O=C1NS(=O)(=O)c2ccccc21.[Fe]. The minimum Gasteiger partial charge on any atom is -0.412 e. The monoisotopic (exact) mass is 347 g/mol. The van der Waals surface area contributed by atoms with Gasteiger partial charge in [0.25, 0.3) is 15.9 Å². The van der Waals surface area contributed by atoms with E-state index in [4.69, 9.17) is 0 Å². The molecule has 10 nitrogen and oxygen atoms in total. The molecule has 1 aromatic rings. The van der Waals surface area contributed by atoms with E-state index in [0.717, 1.165) is 0 Å². The fraction of sp³-hybridized carbons (Fsp3) is 0. The molecule has 0 saturated heterocycles. The average Bonchev–Trinajstić information content (AvgIpc) is 2.25. The third-order valence-corrected chi connectivity index (χ3v) is 3.04. The van der Waals surface area contributed by atoms with Crippen LogP contribution in [0.4, 0.5) is 0 Å². The summed E-state index contributed by atoms with van der Waals surface area (Å²) in [6.07, 6.45) is 0. The van der Waals surface area contributed by atoms with Gasteiger partial charge in [0.15, 0.2) is 0 Å². The second-order valence-corrected chi connectivity index (χ2v) is 4.08. The zero-order chi connectivity index (χ0) is 8.77. The fourth-order valence-electron chi connectivity index (χ4n) is 1.12. The van der Waals surface area contributed by atoms with Gasteiger partial charge in [-0.05, 0) is 12.1 Å². The molecule has 0 atom stereocenters. The maximum atomic E-state index is 11.1. The van der Waals surface area contributed by atoms with Crippen molar-refractivity contribution in [2.24, 2.45) is 0 Å². The normalized spacial score (nSPS) is 11.7. The fourth-order valence-corrected chi connectivity index (χ4v) is 2.29. The molecule has 0 aromatic heterocycles. The van der Waals surface area contributed by atoms with Gasteiger partial charge in [0.2, 0.25) is 0 Å². The predicted octanol–water partition coefficient (Wildman–Crippen LogP) is -4.83. The van der Waals surface area contributed by atoms with Crippen LogP contribution >= 0.6 is 0 Å². The van der Waals surface area contributed by atoms with Crippen LogP contribution in [0.3, 0.4) is 0 Å². The molecule has 0 spiro atoms. The van der Waals surface area contributed by atoms with E-state index in [0.29, 0.717) is 0 Å². The number of rotatable bonds is 0. The average molecular weight is 347 g/mol. The summed E-state index contributed by atoms with van der Waals surface area (Å²) in [6.45, 7) is 0. The van der Waals surface area contributed by atoms with Crippen LogP contribution in [0.5, 0.6) is 0 Å². The second kappa shape index (κ2) is 12.0. The summed E-state index contributed by atoms with van der Waals surface area (Å²) in [7, 11) is -3.55. The Bertz CT molecular complexity index is 463. The number of carbonyl (C=O) groups is 1. The third kappa shape index (κ3) is 6.06. The van der Waals surface area contributed by atoms with Crippen LogP contribution in [-0.2, 0) is 27.1 Å². The van der Waals surface area contributed by atoms with Gasteiger partial charge in [0, 0.05) is 17.1 Å². The van der Waals surface area contributed by atoms with Crippen molar-refractivity contribution >= 4 is 15.9 Å². The molecule has 1 aromatic carbocycles. The maximum Gasteiger partial charge on any atom is 0.266 e. The first kappa shape index (κ1) is 36.1. The number of nitrogens with one attached hydrogen (secondary N) is 1. The molecule has 12 heteroatoms. The molecule has 118 valence electrons. The van der Waals surface area contributed by atoms with Crippen molar-refractivity contribution in [1.29, 1.82) is 0 Å². The van der Waals surface area contributed by atoms with Crippen LogP contribution in [0.2, 0.25) is 0 Å². The smallest absolute Gasteiger partial charge is 0.266 e. The maximum absolute atomic E-state index is 11.1. The number of benzene rings is 1. The second-order valence-electron chi connectivity index (χ2n) is 2.43. The van der Waals surface area contributed by atoms with Gasteiger partial charge in [-0.25, -0.2) is 13.1 Å². The van der Waals surface area contributed by atoms with Crippen LogP contribution in [0, 0.1) is 0 Å². The first-order valence-corrected chi connectivity index (χ1v) is 4.76. The van der Waals surface area contributed by atoms with Gasteiger partial charge in [-0.2, -0.15) is 0 Å². The molecule has 1 aliphatic rings. The summed E-state index contributed by atoms with van der Waals surface area (Å²) in [5.74, 6) is -0.550. The standard InChI is InChI=1S/C7H5NO3S.Fe.6H2O/c9-7-5-3-1-2-4-6(5)12(10,11)8-7;;;;;;;/h1-4H,(H,8,9);;6*1H2. The number of amides is 1. The molecule has 13 N–H and O–H groups in total. The van der Waals surface area contributed by atoms with Gasteiger partial charge in [0.05, 0.1) is 5.56 Å². The van der Waals surface area contributed by atoms with Crippen LogP contribution in [-0.4, -0.2) is 47.2 Å². The molecule has 0 radical (unpaired) electrons.